The van der Waals surface area contributed by atoms with Gasteiger partial charge in [-0.15, -0.1) is 0 Å². The highest BCUT2D eigenvalue weighted by Crippen LogP contribution is 2.34. The lowest BCUT2D eigenvalue weighted by atomic mass is 10.0. The lowest BCUT2D eigenvalue weighted by Crippen LogP contribution is -2.41. The van der Waals surface area contributed by atoms with E-state index in [4.69, 9.17) is 4.74 Å². The average molecular weight is 302 g/mol. The molecule has 1 N–H and O–H groups in total. The second-order valence-corrected chi connectivity index (χ2v) is 6.28. The normalized spacial score (nSPS) is 27.0. The number of ether oxygens (including phenoxy) is 1. The Morgan fingerprint density at radius 1 is 1.27 bits per heavy atom. The molecule has 1 aromatic carbocycles. The van der Waals surface area contributed by atoms with Gasteiger partial charge in [-0.3, -0.25) is 9.59 Å². The number of rotatable bonds is 3. The number of fused-ring (bicyclic) bond motifs is 1. The molecule has 3 atom stereocenters. The van der Waals surface area contributed by atoms with Crippen LogP contribution in [0.4, 0.5) is 0 Å². The first-order valence-corrected chi connectivity index (χ1v) is 7.86. The molecule has 5 nitrogen and oxygen atoms in total. The van der Waals surface area contributed by atoms with E-state index in [1.54, 1.807) is 0 Å². The van der Waals surface area contributed by atoms with Gasteiger partial charge in [0.25, 0.3) is 5.91 Å². The molecule has 2 saturated heterocycles. The van der Waals surface area contributed by atoms with Crippen molar-refractivity contribution >= 4 is 11.8 Å². The standard InChI is InChI=1S/C17H22N2O3/c1-11(2)18-16(20)13-10-19(14-8-9-22-15(13)14)17(21)12-6-4-3-5-7-12/h3-7,11,13-15H,8-10H2,1-2H3,(H,18,20)/t13-,14-,15+/m1/s1. The minimum absolute atomic E-state index is 0.00983. The van der Waals surface area contributed by atoms with Crippen LogP contribution in [0, 0.1) is 5.92 Å². The molecule has 118 valence electrons. The second kappa shape index (κ2) is 6.08. The number of benzene rings is 1. The molecule has 0 spiro atoms. The van der Waals surface area contributed by atoms with E-state index >= 15 is 0 Å². The highest BCUT2D eigenvalue weighted by Gasteiger charge is 2.50. The summed E-state index contributed by atoms with van der Waals surface area (Å²) in [7, 11) is 0. The van der Waals surface area contributed by atoms with Gasteiger partial charge in [-0.25, -0.2) is 0 Å². The van der Waals surface area contributed by atoms with Crippen LogP contribution in [0.25, 0.3) is 0 Å². The summed E-state index contributed by atoms with van der Waals surface area (Å²) in [5.41, 5.74) is 0.665. The van der Waals surface area contributed by atoms with Crippen molar-refractivity contribution in [1.82, 2.24) is 10.2 Å². The van der Waals surface area contributed by atoms with Crippen LogP contribution < -0.4 is 5.32 Å². The van der Waals surface area contributed by atoms with Crippen molar-refractivity contribution in [2.45, 2.75) is 38.5 Å². The highest BCUT2D eigenvalue weighted by molar-refractivity contribution is 5.95. The molecule has 0 unspecified atom stereocenters. The van der Waals surface area contributed by atoms with Gasteiger partial charge < -0.3 is 15.0 Å². The smallest absolute Gasteiger partial charge is 0.254 e. The summed E-state index contributed by atoms with van der Waals surface area (Å²) in [6.07, 6.45) is 0.626. The fraction of sp³-hybridized carbons (Fsp3) is 0.529. The van der Waals surface area contributed by atoms with Gasteiger partial charge in [0, 0.05) is 24.8 Å². The van der Waals surface area contributed by atoms with Gasteiger partial charge in [0.2, 0.25) is 5.91 Å². The van der Waals surface area contributed by atoms with Gasteiger partial charge in [0.15, 0.2) is 0 Å². The Hall–Kier alpha value is -1.88. The lowest BCUT2D eigenvalue weighted by Gasteiger charge is -2.22. The summed E-state index contributed by atoms with van der Waals surface area (Å²) in [6.45, 7) is 4.92. The van der Waals surface area contributed by atoms with Crippen LogP contribution in [-0.2, 0) is 9.53 Å². The molecule has 1 aromatic rings. The maximum absolute atomic E-state index is 12.7. The first kappa shape index (κ1) is 15.0. The zero-order chi connectivity index (χ0) is 15.7. The van der Waals surface area contributed by atoms with Crippen molar-refractivity contribution in [3.05, 3.63) is 35.9 Å². The Morgan fingerprint density at radius 2 is 2.00 bits per heavy atom. The summed E-state index contributed by atoms with van der Waals surface area (Å²) in [5, 5.41) is 2.94. The molecule has 0 bridgehead atoms. The summed E-state index contributed by atoms with van der Waals surface area (Å²) < 4.78 is 5.75. The van der Waals surface area contributed by atoms with Crippen LogP contribution in [0.15, 0.2) is 30.3 Å². The fourth-order valence-electron chi connectivity index (χ4n) is 3.37. The Morgan fingerprint density at radius 3 is 2.68 bits per heavy atom. The second-order valence-electron chi connectivity index (χ2n) is 6.28. The van der Waals surface area contributed by atoms with Crippen LogP contribution in [-0.4, -0.2) is 48.1 Å². The van der Waals surface area contributed by atoms with Gasteiger partial charge in [-0.2, -0.15) is 0 Å². The third kappa shape index (κ3) is 2.73. The molecule has 0 saturated carbocycles. The Bertz CT molecular complexity index is 558. The molecule has 2 fully saturated rings. The topological polar surface area (TPSA) is 58.6 Å². The summed E-state index contributed by atoms with van der Waals surface area (Å²) in [6, 6.07) is 9.33. The molecular formula is C17H22N2O3. The molecule has 2 heterocycles. The predicted molar refractivity (Wildman–Crippen MR) is 82.4 cm³/mol. The number of carbonyl (C=O) groups excluding carboxylic acids is 2. The number of carbonyl (C=O) groups is 2. The molecule has 2 amide bonds. The maximum Gasteiger partial charge on any atom is 0.254 e. The third-order valence-corrected chi connectivity index (χ3v) is 4.34. The van der Waals surface area contributed by atoms with Gasteiger partial charge in [0.1, 0.15) is 0 Å². The quantitative estimate of drug-likeness (QED) is 0.919. The van der Waals surface area contributed by atoms with E-state index in [1.165, 1.54) is 0 Å². The zero-order valence-electron chi connectivity index (χ0n) is 13.0. The van der Waals surface area contributed by atoms with Crippen LogP contribution in [0.2, 0.25) is 0 Å². The predicted octanol–water partition coefficient (Wildman–Crippen LogP) is 1.44. The van der Waals surface area contributed by atoms with Crippen molar-refractivity contribution in [3.8, 4) is 0 Å². The van der Waals surface area contributed by atoms with E-state index in [0.717, 1.165) is 6.42 Å². The van der Waals surface area contributed by atoms with Gasteiger partial charge >= 0.3 is 0 Å². The summed E-state index contributed by atoms with van der Waals surface area (Å²) in [4.78, 5) is 26.9. The summed E-state index contributed by atoms with van der Waals surface area (Å²) in [5.74, 6) is -0.307. The highest BCUT2D eigenvalue weighted by atomic mass is 16.5. The molecule has 3 rings (SSSR count). The minimum atomic E-state index is -0.275. The first-order chi connectivity index (χ1) is 10.6. The van der Waals surface area contributed by atoms with Gasteiger partial charge in [-0.1, -0.05) is 18.2 Å². The molecule has 2 aliphatic rings. The average Bonchev–Trinajstić information content (AvgIpc) is 3.08. The fourth-order valence-corrected chi connectivity index (χ4v) is 3.37. The van der Waals surface area contributed by atoms with Crippen molar-refractivity contribution in [1.29, 1.82) is 0 Å². The number of hydrogen-bond donors (Lipinski definition) is 1. The third-order valence-electron chi connectivity index (χ3n) is 4.34. The number of amides is 2. The molecule has 0 aliphatic carbocycles. The van der Waals surface area contributed by atoms with Crippen molar-refractivity contribution in [2.75, 3.05) is 13.2 Å². The van der Waals surface area contributed by atoms with Crippen LogP contribution in [0.5, 0.6) is 0 Å². The Balaban J connectivity index is 1.79. The van der Waals surface area contributed by atoms with E-state index in [1.807, 2.05) is 49.1 Å². The monoisotopic (exact) mass is 302 g/mol. The molecule has 0 radical (unpaired) electrons. The number of hydrogen-bond acceptors (Lipinski definition) is 3. The molecular weight excluding hydrogens is 280 g/mol. The molecule has 22 heavy (non-hydrogen) atoms. The van der Waals surface area contributed by atoms with Crippen molar-refractivity contribution < 1.29 is 14.3 Å². The largest absolute Gasteiger partial charge is 0.375 e. The minimum Gasteiger partial charge on any atom is -0.375 e. The summed E-state index contributed by atoms with van der Waals surface area (Å²) >= 11 is 0. The van der Waals surface area contributed by atoms with E-state index in [9.17, 15) is 9.59 Å². The Labute approximate surface area is 130 Å². The zero-order valence-corrected chi connectivity index (χ0v) is 13.0. The lowest BCUT2D eigenvalue weighted by molar-refractivity contribution is -0.128. The van der Waals surface area contributed by atoms with Gasteiger partial charge in [-0.05, 0) is 32.4 Å². The van der Waals surface area contributed by atoms with Crippen molar-refractivity contribution in [3.63, 3.8) is 0 Å². The SMILES string of the molecule is CC(C)NC(=O)[C@@H]1CN(C(=O)c2ccccc2)[C@@H]2CCO[C@H]21. The van der Waals surface area contributed by atoms with Crippen LogP contribution in [0.1, 0.15) is 30.6 Å². The van der Waals surface area contributed by atoms with E-state index in [2.05, 4.69) is 5.32 Å². The van der Waals surface area contributed by atoms with E-state index < -0.39 is 0 Å². The van der Waals surface area contributed by atoms with Gasteiger partial charge in [0.05, 0.1) is 18.1 Å². The van der Waals surface area contributed by atoms with Crippen LogP contribution >= 0.6 is 0 Å². The first-order valence-electron chi connectivity index (χ1n) is 7.86. The Kier molecular flexibility index (Phi) is 4.16. The molecule has 0 aromatic heterocycles. The molecule has 2 aliphatic heterocycles. The molecule has 5 heteroatoms. The number of nitrogens with zero attached hydrogens (tertiary/aromatic N) is 1. The number of likely N-dealkylation sites (tertiary alicyclic amines) is 1. The van der Waals surface area contributed by atoms with E-state index in [0.29, 0.717) is 18.7 Å². The van der Waals surface area contributed by atoms with E-state index in [-0.39, 0.29) is 35.9 Å². The van der Waals surface area contributed by atoms with Crippen LogP contribution in [0.3, 0.4) is 0 Å². The van der Waals surface area contributed by atoms with Crippen molar-refractivity contribution in [2.24, 2.45) is 5.92 Å². The number of nitrogens with one attached hydrogen (secondary N) is 1. The maximum atomic E-state index is 12.7.